The number of sulfone groups is 1. The Hall–Kier alpha value is -2.75. The molecule has 164 valence electrons. The van der Waals surface area contributed by atoms with E-state index in [9.17, 15) is 16.8 Å². The summed E-state index contributed by atoms with van der Waals surface area (Å²) in [5.41, 5.74) is 2.05. The van der Waals surface area contributed by atoms with E-state index in [0.29, 0.717) is 5.56 Å². The maximum atomic E-state index is 13.3. The molecule has 9 heteroatoms. The van der Waals surface area contributed by atoms with Crippen molar-refractivity contribution in [2.24, 2.45) is 0 Å². The number of nitrogens with one attached hydrogen (secondary N) is 1. The summed E-state index contributed by atoms with van der Waals surface area (Å²) in [6, 6.07) is 14.3. The van der Waals surface area contributed by atoms with Gasteiger partial charge in [-0.25, -0.2) is 21.6 Å². The Bertz CT molecular complexity index is 1260. The lowest BCUT2D eigenvalue weighted by atomic mass is 10.1. The van der Waals surface area contributed by atoms with Crippen molar-refractivity contribution in [1.29, 1.82) is 0 Å². The smallest absolute Gasteiger partial charge is 0.244 e. The number of nitrogens with zero attached hydrogens (tertiary/aromatic N) is 1. The van der Waals surface area contributed by atoms with Gasteiger partial charge in [0.25, 0.3) is 0 Å². The van der Waals surface area contributed by atoms with Crippen LogP contribution in [0.1, 0.15) is 21.9 Å². The molecular formula is C22H24N2O5S2. The van der Waals surface area contributed by atoms with Gasteiger partial charge in [-0.15, -0.1) is 0 Å². The Morgan fingerprint density at radius 2 is 1.65 bits per heavy atom. The number of hydrogen-bond acceptors (Lipinski definition) is 6. The first-order valence-corrected chi connectivity index (χ1v) is 12.5. The second-order valence-corrected chi connectivity index (χ2v) is 10.9. The molecule has 0 radical (unpaired) electrons. The lowest BCUT2D eigenvalue weighted by Gasteiger charge is -2.19. The van der Waals surface area contributed by atoms with Crippen LogP contribution in [0.2, 0.25) is 0 Å². The molecule has 0 unspecified atom stereocenters. The SMILES string of the molecule is COc1cc(C)c(C)cc1S(=O)(=O)NC[C@@H](c1cccnc1)S(=O)(=O)c1ccccc1. The highest BCUT2D eigenvalue weighted by molar-refractivity contribution is 7.92. The standard InChI is InChI=1S/C22H24N2O5S2/c1-16-12-20(29-3)21(13-17(16)2)31(27,28)24-15-22(18-8-7-11-23-14-18)30(25,26)19-9-5-4-6-10-19/h4-14,22,24H,15H2,1-3H3/t22-/m0/s1. The van der Waals surface area contributed by atoms with Gasteiger partial charge >= 0.3 is 0 Å². The number of aryl methyl sites for hydroxylation is 2. The number of pyridine rings is 1. The second-order valence-electron chi connectivity index (χ2n) is 7.07. The second kappa shape index (κ2) is 9.17. The third-order valence-electron chi connectivity index (χ3n) is 5.03. The number of aromatic nitrogens is 1. The van der Waals surface area contributed by atoms with Crippen LogP contribution in [-0.4, -0.2) is 35.5 Å². The lowest BCUT2D eigenvalue weighted by Crippen LogP contribution is -2.32. The van der Waals surface area contributed by atoms with Gasteiger partial charge in [0.2, 0.25) is 10.0 Å². The number of rotatable bonds is 8. The summed E-state index contributed by atoms with van der Waals surface area (Å²) in [5, 5.41) is -1.16. The molecule has 1 aromatic heterocycles. The van der Waals surface area contributed by atoms with Crippen LogP contribution in [0.4, 0.5) is 0 Å². The summed E-state index contributed by atoms with van der Waals surface area (Å²) in [6.45, 7) is 3.29. The highest BCUT2D eigenvalue weighted by atomic mass is 32.2. The third-order valence-corrected chi connectivity index (χ3v) is 8.59. The minimum Gasteiger partial charge on any atom is -0.495 e. The summed E-state index contributed by atoms with van der Waals surface area (Å²) >= 11 is 0. The largest absolute Gasteiger partial charge is 0.495 e. The van der Waals surface area contributed by atoms with E-state index in [2.05, 4.69) is 9.71 Å². The molecule has 0 aliphatic heterocycles. The molecule has 7 nitrogen and oxygen atoms in total. The van der Waals surface area contributed by atoms with Crippen LogP contribution >= 0.6 is 0 Å². The monoisotopic (exact) mass is 460 g/mol. The third kappa shape index (κ3) is 4.95. The Morgan fingerprint density at radius 3 is 2.26 bits per heavy atom. The van der Waals surface area contributed by atoms with Gasteiger partial charge in [0, 0.05) is 18.9 Å². The van der Waals surface area contributed by atoms with Gasteiger partial charge in [-0.05, 0) is 60.9 Å². The molecule has 0 fully saturated rings. The number of benzene rings is 2. The number of methoxy groups -OCH3 is 1. The molecule has 0 aliphatic rings. The fourth-order valence-corrected chi connectivity index (χ4v) is 6.20. The molecule has 31 heavy (non-hydrogen) atoms. The highest BCUT2D eigenvalue weighted by Gasteiger charge is 2.31. The minimum absolute atomic E-state index is 0.0415. The van der Waals surface area contributed by atoms with Gasteiger partial charge < -0.3 is 4.74 Å². The first-order chi connectivity index (χ1) is 14.7. The average molecular weight is 461 g/mol. The van der Waals surface area contributed by atoms with Crippen molar-refractivity contribution in [3.63, 3.8) is 0 Å². The van der Waals surface area contributed by atoms with E-state index >= 15 is 0 Å². The van der Waals surface area contributed by atoms with Gasteiger partial charge in [-0.3, -0.25) is 4.98 Å². The van der Waals surface area contributed by atoms with Gasteiger partial charge in [0.05, 0.1) is 12.0 Å². The first-order valence-electron chi connectivity index (χ1n) is 9.50. The maximum absolute atomic E-state index is 13.3. The van der Waals surface area contributed by atoms with Crippen molar-refractivity contribution in [2.45, 2.75) is 28.9 Å². The molecule has 1 N–H and O–H groups in total. The zero-order valence-electron chi connectivity index (χ0n) is 17.4. The van der Waals surface area contributed by atoms with E-state index in [-0.39, 0.29) is 22.1 Å². The predicted octanol–water partition coefficient (Wildman–Crippen LogP) is 3.20. The number of sulfonamides is 1. The first kappa shape index (κ1) is 22.9. The maximum Gasteiger partial charge on any atom is 0.244 e. The van der Waals surface area contributed by atoms with Crippen molar-refractivity contribution in [3.8, 4) is 5.75 Å². The highest BCUT2D eigenvalue weighted by Crippen LogP contribution is 2.30. The summed E-state index contributed by atoms with van der Waals surface area (Å²) < 4.78 is 60.5. The number of hydrogen-bond donors (Lipinski definition) is 1. The van der Waals surface area contributed by atoms with Gasteiger partial charge in [-0.2, -0.15) is 0 Å². The van der Waals surface area contributed by atoms with Crippen LogP contribution in [0, 0.1) is 13.8 Å². The molecule has 2 aromatic carbocycles. The van der Waals surface area contributed by atoms with Crippen LogP contribution in [0.25, 0.3) is 0 Å². The Balaban J connectivity index is 2.00. The van der Waals surface area contributed by atoms with Crippen molar-refractivity contribution in [1.82, 2.24) is 9.71 Å². The van der Waals surface area contributed by atoms with E-state index in [4.69, 9.17) is 4.74 Å². The number of ether oxygens (including phenoxy) is 1. The van der Waals surface area contributed by atoms with Gasteiger partial charge in [0.15, 0.2) is 9.84 Å². The Kier molecular flexibility index (Phi) is 6.78. The molecule has 0 saturated heterocycles. The summed E-state index contributed by atoms with van der Waals surface area (Å²) in [7, 11) is -6.54. The van der Waals surface area contributed by atoms with Crippen LogP contribution < -0.4 is 9.46 Å². The fraction of sp³-hybridized carbons (Fsp3) is 0.227. The molecule has 3 rings (SSSR count). The van der Waals surface area contributed by atoms with Crippen molar-refractivity contribution in [2.75, 3.05) is 13.7 Å². The zero-order chi connectivity index (χ0) is 22.6. The predicted molar refractivity (Wildman–Crippen MR) is 118 cm³/mol. The molecule has 0 aliphatic carbocycles. The molecule has 0 saturated carbocycles. The quantitative estimate of drug-likeness (QED) is 0.554. The van der Waals surface area contributed by atoms with Crippen molar-refractivity contribution >= 4 is 19.9 Å². The van der Waals surface area contributed by atoms with E-state index in [1.165, 1.54) is 37.7 Å². The van der Waals surface area contributed by atoms with Crippen molar-refractivity contribution in [3.05, 3.63) is 83.7 Å². The molecule has 0 spiro atoms. The van der Waals surface area contributed by atoms with E-state index in [1.54, 1.807) is 43.3 Å². The van der Waals surface area contributed by atoms with E-state index in [1.807, 2.05) is 6.92 Å². The van der Waals surface area contributed by atoms with Crippen LogP contribution in [0.3, 0.4) is 0 Å². The van der Waals surface area contributed by atoms with Crippen LogP contribution in [0.5, 0.6) is 5.75 Å². The molecule has 1 atom stereocenters. The Morgan fingerprint density at radius 1 is 0.968 bits per heavy atom. The summed E-state index contributed by atoms with van der Waals surface area (Å²) in [5.74, 6) is 0.194. The normalized spacial score (nSPS) is 13.0. The fourth-order valence-electron chi connectivity index (χ4n) is 3.14. The molecule has 1 heterocycles. The molecular weight excluding hydrogens is 436 g/mol. The topological polar surface area (TPSA) is 102 Å². The Labute approximate surface area is 183 Å². The van der Waals surface area contributed by atoms with Crippen LogP contribution in [0.15, 0.2) is 76.8 Å². The van der Waals surface area contributed by atoms with E-state index in [0.717, 1.165) is 11.1 Å². The minimum atomic E-state index is -4.05. The van der Waals surface area contributed by atoms with Gasteiger partial charge in [0.1, 0.15) is 15.9 Å². The zero-order valence-corrected chi connectivity index (χ0v) is 19.1. The lowest BCUT2D eigenvalue weighted by molar-refractivity contribution is 0.402. The molecule has 0 bridgehead atoms. The van der Waals surface area contributed by atoms with Crippen molar-refractivity contribution < 1.29 is 21.6 Å². The van der Waals surface area contributed by atoms with Gasteiger partial charge in [-0.1, -0.05) is 24.3 Å². The molecule has 0 amide bonds. The van der Waals surface area contributed by atoms with Crippen LogP contribution in [-0.2, 0) is 19.9 Å². The summed E-state index contributed by atoms with van der Waals surface area (Å²) in [6.07, 6.45) is 2.95. The average Bonchev–Trinajstić information content (AvgIpc) is 2.76. The van der Waals surface area contributed by atoms with E-state index < -0.39 is 25.1 Å². The summed E-state index contributed by atoms with van der Waals surface area (Å²) in [4.78, 5) is 4.06. The molecule has 3 aromatic rings.